The smallest absolute Gasteiger partial charge is 0.240 e. The normalized spacial score (nSPS) is 16.1. The molecule has 3 N–H and O–H groups in total. The van der Waals surface area contributed by atoms with Crippen molar-refractivity contribution in [3.8, 4) is 0 Å². The van der Waals surface area contributed by atoms with Crippen molar-refractivity contribution < 1.29 is 9.63 Å². The molecular formula is C18H21N3O2S. The molecule has 0 spiro atoms. The summed E-state index contributed by atoms with van der Waals surface area (Å²) in [5.74, 6) is -0.197. The SMILES string of the molecule is CC(=O)NOCC1Sc2ccccc2N1Cc1cccc(CN)c1. The predicted molar refractivity (Wildman–Crippen MR) is 96.4 cm³/mol. The molecule has 6 heteroatoms. The van der Waals surface area contributed by atoms with E-state index in [1.807, 2.05) is 24.3 Å². The van der Waals surface area contributed by atoms with Gasteiger partial charge < -0.3 is 10.6 Å². The van der Waals surface area contributed by atoms with E-state index in [-0.39, 0.29) is 11.3 Å². The van der Waals surface area contributed by atoms with Crippen LogP contribution in [-0.2, 0) is 22.7 Å². The molecule has 1 aliphatic rings. The van der Waals surface area contributed by atoms with E-state index in [0.717, 1.165) is 12.1 Å². The maximum absolute atomic E-state index is 11.0. The molecule has 2 aromatic carbocycles. The molecule has 1 heterocycles. The van der Waals surface area contributed by atoms with Crippen molar-refractivity contribution in [1.82, 2.24) is 5.48 Å². The summed E-state index contributed by atoms with van der Waals surface area (Å²) in [6.45, 7) is 3.16. The molecule has 24 heavy (non-hydrogen) atoms. The number of fused-ring (bicyclic) bond motifs is 1. The van der Waals surface area contributed by atoms with Gasteiger partial charge in [0.2, 0.25) is 5.91 Å². The minimum atomic E-state index is -0.197. The van der Waals surface area contributed by atoms with Crippen LogP contribution in [0.5, 0.6) is 0 Å². The summed E-state index contributed by atoms with van der Waals surface area (Å²) in [6, 6.07) is 16.6. The van der Waals surface area contributed by atoms with Crippen LogP contribution in [0.15, 0.2) is 53.4 Å². The van der Waals surface area contributed by atoms with E-state index in [0.29, 0.717) is 13.2 Å². The van der Waals surface area contributed by atoms with Crippen molar-refractivity contribution in [1.29, 1.82) is 0 Å². The van der Waals surface area contributed by atoms with Gasteiger partial charge in [0.1, 0.15) is 12.0 Å². The van der Waals surface area contributed by atoms with Crippen LogP contribution in [0.2, 0.25) is 0 Å². The minimum absolute atomic E-state index is 0.107. The van der Waals surface area contributed by atoms with Gasteiger partial charge in [0.05, 0.1) is 5.69 Å². The van der Waals surface area contributed by atoms with E-state index < -0.39 is 0 Å². The van der Waals surface area contributed by atoms with Crippen molar-refractivity contribution in [2.75, 3.05) is 11.5 Å². The van der Waals surface area contributed by atoms with Crippen LogP contribution in [0.1, 0.15) is 18.1 Å². The molecule has 3 rings (SSSR count). The third kappa shape index (κ3) is 3.90. The number of nitrogens with one attached hydrogen (secondary N) is 1. The van der Waals surface area contributed by atoms with E-state index in [9.17, 15) is 4.79 Å². The van der Waals surface area contributed by atoms with E-state index in [2.05, 4.69) is 34.6 Å². The van der Waals surface area contributed by atoms with Crippen molar-refractivity contribution in [2.24, 2.45) is 5.73 Å². The maximum Gasteiger partial charge on any atom is 0.240 e. The molecule has 1 amide bonds. The largest absolute Gasteiger partial charge is 0.352 e. The Labute approximate surface area is 146 Å². The summed E-state index contributed by atoms with van der Waals surface area (Å²) in [5.41, 5.74) is 11.7. The van der Waals surface area contributed by atoms with Crippen molar-refractivity contribution >= 4 is 23.4 Å². The molecule has 2 aromatic rings. The highest BCUT2D eigenvalue weighted by Gasteiger charge is 2.30. The van der Waals surface area contributed by atoms with Gasteiger partial charge in [-0.3, -0.25) is 9.63 Å². The lowest BCUT2D eigenvalue weighted by Gasteiger charge is -2.26. The van der Waals surface area contributed by atoms with E-state index in [1.54, 1.807) is 11.8 Å². The molecule has 5 nitrogen and oxygen atoms in total. The van der Waals surface area contributed by atoms with Crippen LogP contribution in [0.25, 0.3) is 0 Å². The van der Waals surface area contributed by atoms with E-state index in [1.165, 1.54) is 23.1 Å². The number of thioether (sulfide) groups is 1. The number of hydrogen-bond donors (Lipinski definition) is 2. The zero-order valence-electron chi connectivity index (χ0n) is 13.6. The molecule has 1 aliphatic heterocycles. The molecule has 0 saturated carbocycles. The quantitative estimate of drug-likeness (QED) is 0.789. The average Bonchev–Trinajstić information content (AvgIpc) is 2.92. The number of benzene rings is 2. The van der Waals surface area contributed by atoms with Crippen LogP contribution in [0, 0.1) is 0 Å². The van der Waals surface area contributed by atoms with Crippen LogP contribution in [0.4, 0.5) is 5.69 Å². The molecular weight excluding hydrogens is 322 g/mol. The van der Waals surface area contributed by atoms with Crippen LogP contribution < -0.4 is 16.1 Å². The number of amides is 1. The van der Waals surface area contributed by atoms with Crippen LogP contribution in [-0.4, -0.2) is 17.9 Å². The third-order valence-corrected chi connectivity index (χ3v) is 5.07. The number of hydroxylamine groups is 1. The summed E-state index contributed by atoms with van der Waals surface area (Å²) >= 11 is 1.75. The maximum atomic E-state index is 11.0. The van der Waals surface area contributed by atoms with Gasteiger partial charge in [-0.05, 0) is 23.3 Å². The number of anilines is 1. The molecule has 0 radical (unpaired) electrons. The Kier molecular flexibility index (Phi) is 5.40. The first-order valence-electron chi connectivity index (χ1n) is 7.86. The molecule has 0 fully saturated rings. The van der Waals surface area contributed by atoms with Gasteiger partial charge in [0, 0.05) is 24.9 Å². The molecule has 0 bridgehead atoms. The molecule has 1 unspecified atom stereocenters. The molecule has 0 aliphatic carbocycles. The first kappa shape index (κ1) is 16.8. The summed E-state index contributed by atoms with van der Waals surface area (Å²) < 4.78 is 0. The van der Waals surface area contributed by atoms with Gasteiger partial charge in [-0.2, -0.15) is 0 Å². The molecule has 126 valence electrons. The minimum Gasteiger partial charge on any atom is -0.352 e. The topological polar surface area (TPSA) is 67.6 Å². The Morgan fingerprint density at radius 3 is 2.83 bits per heavy atom. The lowest BCUT2D eigenvalue weighted by Crippen LogP contribution is -2.35. The number of para-hydroxylation sites is 1. The van der Waals surface area contributed by atoms with E-state index >= 15 is 0 Å². The lowest BCUT2D eigenvalue weighted by atomic mass is 10.1. The Morgan fingerprint density at radius 1 is 1.25 bits per heavy atom. The first-order valence-corrected chi connectivity index (χ1v) is 8.74. The van der Waals surface area contributed by atoms with Gasteiger partial charge in [-0.15, -0.1) is 0 Å². The van der Waals surface area contributed by atoms with Gasteiger partial charge in [-0.1, -0.05) is 48.2 Å². The average molecular weight is 343 g/mol. The number of nitrogens with zero attached hydrogens (tertiary/aromatic N) is 1. The summed E-state index contributed by atoms with van der Waals surface area (Å²) in [6.07, 6.45) is 0. The molecule has 0 aromatic heterocycles. The van der Waals surface area contributed by atoms with Crippen molar-refractivity contribution in [3.05, 3.63) is 59.7 Å². The molecule has 0 saturated heterocycles. The monoisotopic (exact) mass is 343 g/mol. The van der Waals surface area contributed by atoms with Crippen LogP contribution >= 0.6 is 11.8 Å². The van der Waals surface area contributed by atoms with Gasteiger partial charge in [-0.25, -0.2) is 5.48 Å². The zero-order valence-corrected chi connectivity index (χ0v) is 14.4. The highest BCUT2D eigenvalue weighted by atomic mass is 32.2. The summed E-state index contributed by atoms with van der Waals surface area (Å²) in [4.78, 5) is 19.9. The highest BCUT2D eigenvalue weighted by Crippen LogP contribution is 2.43. The Hall–Kier alpha value is -2.02. The van der Waals surface area contributed by atoms with Gasteiger partial charge >= 0.3 is 0 Å². The second kappa shape index (κ2) is 7.70. The fraction of sp³-hybridized carbons (Fsp3) is 0.278. The predicted octanol–water partition coefficient (Wildman–Crippen LogP) is 2.65. The second-order valence-corrected chi connectivity index (χ2v) is 6.88. The summed E-state index contributed by atoms with van der Waals surface area (Å²) in [7, 11) is 0. The van der Waals surface area contributed by atoms with Gasteiger partial charge in [0.25, 0.3) is 0 Å². The first-order chi connectivity index (χ1) is 11.7. The van der Waals surface area contributed by atoms with E-state index in [4.69, 9.17) is 10.6 Å². The number of carbonyl (C=O) groups excluding carboxylic acids is 1. The summed E-state index contributed by atoms with van der Waals surface area (Å²) in [5, 5.41) is 0.107. The Morgan fingerprint density at radius 2 is 2.04 bits per heavy atom. The number of carbonyl (C=O) groups is 1. The zero-order chi connectivity index (χ0) is 16.9. The third-order valence-electron chi connectivity index (χ3n) is 3.81. The number of nitrogens with two attached hydrogens (primary N) is 1. The highest BCUT2D eigenvalue weighted by molar-refractivity contribution is 8.00. The Bertz CT molecular complexity index is 723. The standard InChI is InChI=1S/C18H21N3O2S/c1-13(22)20-23-12-18-21(16-7-2-3-8-17(16)24-18)11-15-6-4-5-14(9-15)10-19/h2-9,18H,10-12,19H2,1H3,(H,20,22). The lowest BCUT2D eigenvalue weighted by molar-refractivity contribution is -0.131. The fourth-order valence-corrected chi connectivity index (χ4v) is 3.94. The van der Waals surface area contributed by atoms with Crippen LogP contribution in [0.3, 0.4) is 0 Å². The van der Waals surface area contributed by atoms with Crippen molar-refractivity contribution in [2.45, 2.75) is 30.3 Å². The van der Waals surface area contributed by atoms with Gasteiger partial charge in [0.15, 0.2) is 0 Å². The fourth-order valence-electron chi connectivity index (χ4n) is 2.74. The number of hydrogen-bond acceptors (Lipinski definition) is 5. The molecule has 1 atom stereocenters. The Balaban J connectivity index is 1.78. The number of rotatable bonds is 6. The van der Waals surface area contributed by atoms with Crippen molar-refractivity contribution in [3.63, 3.8) is 0 Å². The second-order valence-electron chi connectivity index (χ2n) is 5.66.